The molecule has 4 rings (SSSR count). The van der Waals surface area contributed by atoms with Crippen LogP contribution in [0.25, 0.3) is 0 Å². The zero-order valence-electron chi connectivity index (χ0n) is 19.0. The molecule has 4 nitrogen and oxygen atoms in total. The van der Waals surface area contributed by atoms with Crippen molar-refractivity contribution in [3.63, 3.8) is 0 Å². The molecule has 0 aliphatic rings. The molecule has 0 aromatic heterocycles. The van der Waals surface area contributed by atoms with Crippen LogP contribution in [-0.4, -0.2) is 16.9 Å². The summed E-state index contributed by atoms with van der Waals surface area (Å²) in [7, 11) is 0. The van der Waals surface area contributed by atoms with Crippen molar-refractivity contribution in [2.45, 2.75) is 32.2 Å². The number of aliphatic carboxylic acids is 1. The largest absolute Gasteiger partial charge is 0.548 e. The summed E-state index contributed by atoms with van der Waals surface area (Å²) < 4.78 is 5.87. The fourth-order valence-electron chi connectivity index (χ4n) is 3.96. The number of carboxylic acids is 1. The van der Waals surface area contributed by atoms with Crippen molar-refractivity contribution in [2.75, 3.05) is 0 Å². The number of hydrogen-bond acceptors (Lipinski definition) is 4. The molecule has 0 saturated heterocycles. The van der Waals surface area contributed by atoms with Crippen molar-refractivity contribution >= 4 is 5.97 Å². The summed E-state index contributed by atoms with van der Waals surface area (Å²) in [5.41, 5.74) is 4.15. The summed E-state index contributed by atoms with van der Waals surface area (Å²) >= 11 is 0. The van der Waals surface area contributed by atoms with Gasteiger partial charge in [-0.25, -0.2) is 0 Å². The third-order valence-electron chi connectivity index (χ3n) is 5.77. The molecule has 0 amide bonds. The van der Waals surface area contributed by atoms with Gasteiger partial charge in [0.25, 0.3) is 0 Å². The molecule has 4 heteroatoms. The van der Waals surface area contributed by atoms with E-state index in [4.69, 9.17) is 4.74 Å². The highest BCUT2D eigenvalue weighted by Crippen LogP contribution is 2.19. The van der Waals surface area contributed by atoms with Crippen LogP contribution in [0.2, 0.25) is 0 Å². The van der Waals surface area contributed by atoms with E-state index in [1.54, 1.807) is 0 Å². The van der Waals surface area contributed by atoms with Crippen LogP contribution in [0.5, 0.6) is 5.75 Å². The molecule has 0 N–H and O–H groups in total. The van der Waals surface area contributed by atoms with Crippen LogP contribution >= 0.6 is 0 Å². The Morgan fingerprint density at radius 3 is 1.59 bits per heavy atom. The maximum absolute atomic E-state index is 12.3. The Hall–Kier alpha value is -3.89. The van der Waals surface area contributed by atoms with Gasteiger partial charge < -0.3 is 14.6 Å². The van der Waals surface area contributed by atoms with Crippen LogP contribution in [-0.2, 0) is 30.9 Å². The monoisotopic (exact) mass is 450 g/mol. The first-order valence-corrected chi connectivity index (χ1v) is 11.5. The third kappa shape index (κ3) is 6.80. The molecule has 0 spiro atoms. The van der Waals surface area contributed by atoms with E-state index in [9.17, 15) is 9.90 Å². The van der Waals surface area contributed by atoms with E-state index >= 15 is 0 Å². The molecular formula is C30H28NO3-. The van der Waals surface area contributed by atoms with Crippen molar-refractivity contribution in [2.24, 2.45) is 0 Å². The number of nitrogens with zero attached hydrogens (tertiary/aromatic N) is 1. The highest BCUT2D eigenvalue weighted by atomic mass is 16.5. The van der Waals surface area contributed by atoms with E-state index in [2.05, 4.69) is 0 Å². The van der Waals surface area contributed by atoms with Crippen molar-refractivity contribution in [3.8, 4) is 5.75 Å². The average Bonchev–Trinajstić information content (AvgIpc) is 2.88. The maximum atomic E-state index is 12.3. The molecule has 0 bridgehead atoms. The zero-order chi connectivity index (χ0) is 23.6. The van der Waals surface area contributed by atoms with Crippen LogP contribution < -0.4 is 9.84 Å². The maximum Gasteiger partial charge on any atom is 0.119 e. The number of carbonyl (C=O) groups excluding carboxylic acids is 1. The molecule has 0 aliphatic carbocycles. The molecular weight excluding hydrogens is 422 g/mol. The molecule has 4 aromatic carbocycles. The molecule has 0 radical (unpaired) electrons. The highest BCUT2D eigenvalue weighted by Gasteiger charge is 2.21. The van der Waals surface area contributed by atoms with Gasteiger partial charge in [0.05, 0.1) is 12.0 Å². The summed E-state index contributed by atoms with van der Waals surface area (Å²) in [6, 6.07) is 36.7. The van der Waals surface area contributed by atoms with Crippen LogP contribution in [0.4, 0.5) is 0 Å². The van der Waals surface area contributed by atoms with Gasteiger partial charge in [-0.15, -0.1) is 0 Å². The molecule has 1 atom stereocenters. The molecule has 34 heavy (non-hydrogen) atoms. The summed E-state index contributed by atoms with van der Waals surface area (Å²) in [5, 5.41) is 12.3. The Balaban J connectivity index is 1.48. The first-order valence-electron chi connectivity index (χ1n) is 11.5. The number of benzene rings is 4. The van der Waals surface area contributed by atoms with Gasteiger partial charge in [-0.3, -0.25) is 4.90 Å². The lowest BCUT2D eigenvalue weighted by molar-refractivity contribution is -0.312. The standard InChI is InChI=1S/C30H29NO3/c32-30(33)29(20-24-16-18-28(19-17-24)34-23-27-14-8-3-9-15-27)31(21-25-10-4-1-5-11-25)22-26-12-6-2-7-13-26/h1-19,29H,20-23H2,(H,32,33)/p-1. The Labute approximate surface area is 201 Å². The van der Waals surface area contributed by atoms with Crippen LogP contribution in [0.1, 0.15) is 22.3 Å². The first-order chi connectivity index (χ1) is 16.7. The smallest absolute Gasteiger partial charge is 0.119 e. The van der Waals surface area contributed by atoms with Gasteiger partial charge >= 0.3 is 0 Å². The Kier molecular flexibility index (Phi) is 8.09. The summed E-state index contributed by atoms with van der Waals surface area (Å²) in [6.45, 7) is 1.53. The van der Waals surface area contributed by atoms with Gasteiger partial charge in [0.1, 0.15) is 12.4 Å². The SMILES string of the molecule is O=C([O-])C(Cc1ccc(OCc2ccccc2)cc1)N(Cc1ccccc1)Cc1ccccc1. The Morgan fingerprint density at radius 2 is 1.12 bits per heavy atom. The molecule has 0 aliphatic heterocycles. The van der Waals surface area contributed by atoms with Gasteiger partial charge in [0.15, 0.2) is 0 Å². The number of carbonyl (C=O) groups is 1. The minimum atomic E-state index is -1.07. The quantitative estimate of drug-likeness (QED) is 0.334. The fraction of sp³-hybridized carbons (Fsp3) is 0.167. The van der Waals surface area contributed by atoms with E-state index in [1.807, 2.05) is 120 Å². The van der Waals surface area contributed by atoms with Crippen LogP contribution in [0.3, 0.4) is 0 Å². The zero-order valence-corrected chi connectivity index (χ0v) is 19.0. The van der Waals surface area contributed by atoms with Crippen molar-refractivity contribution in [1.29, 1.82) is 0 Å². The van der Waals surface area contributed by atoms with E-state index in [0.29, 0.717) is 26.1 Å². The number of ether oxygens (including phenoxy) is 1. The summed E-state index contributed by atoms with van der Waals surface area (Å²) in [6.07, 6.45) is 0.348. The number of hydrogen-bond donors (Lipinski definition) is 0. The molecule has 4 aromatic rings. The highest BCUT2D eigenvalue weighted by molar-refractivity contribution is 5.71. The molecule has 1 unspecified atom stereocenters. The lowest BCUT2D eigenvalue weighted by Gasteiger charge is -2.33. The van der Waals surface area contributed by atoms with Gasteiger partial charge in [0, 0.05) is 13.1 Å². The lowest BCUT2D eigenvalue weighted by atomic mass is 10.0. The van der Waals surface area contributed by atoms with E-state index < -0.39 is 12.0 Å². The Bertz CT molecular complexity index is 1100. The topological polar surface area (TPSA) is 52.6 Å². The van der Waals surface area contributed by atoms with Crippen molar-refractivity contribution in [3.05, 3.63) is 138 Å². The van der Waals surface area contributed by atoms with E-state index in [1.165, 1.54) is 0 Å². The predicted molar refractivity (Wildman–Crippen MR) is 132 cm³/mol. The number of carboxylic acid groups (broad SMARTS) is 1. The van der Waals surface area contributed by atoms with Gasteiger partial charge in [0.2, 0.25) is 0 Å². The second kappa shape index (κ2) is 11.8. The normalized spacial score (nSPS) is 11.8. The van der Waals surface area contributed by atoms with Crippen molar-refractivity contribution < 1.29 is 14.6 Å². The lowest BCUT2D eigenvalue weighted by Crippen LogP contribution is -2.48. The minimum absolute atomic E-state index is 0.348. The predicted octanol–water partition coefficient (Wildman–Crippen LogP) is 4.63. The van der Waals surface area contributed by atoms with Gasteiger partial charge in [-0.05, 0) is 40.8 Å². The molecule has 172 valence electrons. The summed E-state index contributed by atoms with van der Waals surface area (Å²) in [4.78, 5) is 14.2. The molecule has 0 heterocycles. The average molecular weight is 451 g/mol. The van der Waals surface area contributed by atoms with Gasteiger partial charge in [-0.2, -0.15) is 0 Å². The fourth-order valence-corrected chi connectivity index (χ4v) is 3.96. The van der Waals surface area contributed by atoms with E-state index in [0.717, 1.165) is 28.0 Å². The number of rotatable bonds is 11. The summed E-state index contributed by atoms with van der Waals surface area (Å²) in [5.74, 6) is -0.320. The van der Waals surface area contributed by atoms with Crippen LogP contribution in [0, 0.1) is 0 Å². The minimum Gasteiger partial charge on any atom is -0.548 e. The van der Waals surface area contributed by atoms with Crippen molar-refractivity contribution in [1.82, 2.24) is 4.90 Å². The third-order valence-corrected chi connectivity index (χ3v) is 5.77. The second-order valence-electron chi connectivity index (χ2n) is 8.33. The van der Waals surface area contributed by atoms with E-state index in [-0.39, 0.29) is 0 Å². The molecule has 0 fully saturated rings. The van der Waals surface area contributed by atoms with Gasteiger partial charge in [-0.1, -0.05) is 103 Å². The molecule has 0 saturated carbocycles. The van der Waals surface area contributed by atoms with Crippen LogP contribution in [0.15, 0.2) is 115 Å². The first kappa shape index (κ1) is 23.3. The Morgan fingerprint density at radius 1 is 0.647 bits per heavy atom. The second-order valence-corrected chi connectivity index (χ2v) is 8.33.